The number of carbonyl (C=O) groups is 1. The minimum atomic E-state index is -0.133. The number of aryl methyl sites for hydroxylation is 1. The van der Waals surface area contributed by atoms with Crippen LogP contribution in [0.4, 0.5) is 5.69 Å². The number of amides is 1. The molecule has 1 amide bonds. The van der Waals surface area contributed by atoms with Crippen LogP contribution < -0.4 is 5.32 Å². The number of halogens is 3. The number of carbonyl (C=O) groups excluding carboxylic acids is 1. The Hall–Kier alpha value is -0.590. The molecular formula is C14H10BrClINO. The van der Waals surface area contributed by atoms with Gasteiger partial charge in [-0.3, -0.25) is 4.79 Å². The van der Waals surface area contributed by atoms with Crippen molar-refractivity contribution in [3.63, 3.8) is 0 Å². The summed E-state index contributed by atoms with van der Waals surface area (Å²) in [4.78, 5) is 12.2. The molecule has 0 bridgehead atoms. The van der Waals surface area contributed by atoms with E-state index in [-0.39, 0.29) is 5.91 Å². The van der Waals surface area contributed by atoms with E-state index in [1.807, 2.05) is 25.1 Å². The summed E-state index contributed by atoms with van der Waals surface area (Å²) in [6.45, 7) is 1.98. The van der Waals surface area contributed by atoms with Crippen LogP contribution in [0.25, 0.3) is 0 Å². The van der Waals surface area contributed by atoms with Gasteiger partial charge in [-0.1, -0.05) is 23.7 Å². The first-order chi connectivity index (χ1) is 8.99. The maximum atomic E-state index is 12.2. The molecule has 2 aromatic rings. The number of rotatable bonds is 2. The van der Waals surface area contributed by atoms with Crippen LogP contribution in [0.15, 0.2) is 40.9 Å². The summed E-state index contributed by atoms with van der Waals surface area (Å²) in [6.07, 6.45) is 0. The normalized spacial score (nSPS) is 10.3. The quantitative estimate of drug-likeness (QED) is 0.621. The first-order valence-electron chi connectivity index (χ1n) is 5.50. The van der Waals surface area contributed by atoms with Crippen LogP contribution >= 0.6 is 50.1 Å². The van der Waals surface area contributed by atoms with E-state index in [1.54, 1.807) is 18.2 Å². The molecule has 0 unspecified atom stereocenters. The molecule has 2 rings (SSSR count). The van der Waals surface area contributed by atoms with Crippen LogP contribution in [-0.2, 0) is 0 Å². The molecule has 0 aliphatic carbocycles. The van der Waals surface area contributed by atoms with Crippen molar-refractivity contribution in [2.24, 2.45) is 0 Å². The van der Waals surface area contributed by atoms with E-state index < -0.39 is 0 Å². The summed E-state index contributed by atoms with van der Waals surface area (Å²) in [5.41, 5.74) is 2.43. The largest absolute Gasteiger partial charge is 0.322 e. The highest BCUT2D eigenvalue weighted by Gasteiger charge is 2.11. The van der Waals surface area contributed by atoms with Crippen molar-refractivity contribution in [3.05, 3.63) is 60.6 Å². The Morgan fingerprint density at radius 1 is 1.32 bits per heavy atom. The predicted molar refractivity (Wildman–Crippen MR) is 91.0 cm³/mol. The van der Waals surface area contributed by atoms with Crippen LogP contribution in [0.5, 0.6) is 0 Å². The van der Waals surface area contributed by atoms with Crippen LogP contribution in [0, 0.1) is 10.5 Å². The Morgan fingerprint density at radius 2 is 2.05 bits per heavy atom. The second kappa shape index (κ2) is 6.24. The highest BCUT2D eigenvalue weighted by molar-refractivity contribution is 14.1. The van der Waals surface area contributed by atoms with Crippen molar-refractivity contribution < 1.29 is 4.79 Å². The van der Waals surface area contributed by atoms with E-state index in [2.05, 4.69) is 43.8 Å². The van der Waals surface area contributed by atoms with Crippen molar-refractivity contribution >= 4 is 61.7 Å². The fraction of sp³-hybridized carbons (Fsp3) is 0.0714. The van der Waals surface area contributed by atoms with Gasteiger partial charge in [-0.05, 0) is 75.3 Å². The van der Waals surface area contributed by atoms with E-state index in [4.69, 9.17) is 11.6 Å². The van der Waals surface area contributed by atoms with Crippen molar-refractivity contribution in [2.45, 2.75) is 6.92 Å². The lowest BCUT2D eigenvalue weighted by atomic mass is 10.1. The van der Waals surface area contributed by atoms with E-state index >= 15 is 0 Å². The van der Waals surface area contributed by atoms with E-state index in [0.717, 1.165) is 13.6 Å². The highest BCUT2D eigenvalue weighted by Crippen LogP contribution is 2.26. The van der Waals surface area contributed by atoms with Crippen LogP contribution in [0.3, 0.4) is 0 Å². The molecule has 0 radical (unpaired) electrons. The summed E-state index contributed by atoms with van der Waals surface area (Å²) in [5.74, 6) is -0.133. The molecule has 0 saturated heterocycles. The topological polar surface area (TPSA) is 29.1 Å². The number of hydrogen-bond donors (Lipinski definition) is 1. The number of benzene rings is 2. The number of nitrogens with one attached hydrogen (secondary N) is 1. The zero-order valence-corrected chi connectivity index (χ0v) is 14.5. The predicted octanol–water partition coefficient (Wildman–Crippen LogP) is 5.27. The van der Waals surface area contributed by atoms with Crippen LogP contribution in [0.2, 0.25) is 5.02 Å². The molecule has 0 spiro atoms. The minimum absolute atomic E-state index is 0.133. The van der Waals surface area contributed by atoms with Gasteiger partial charge in [0, 0.05) is 13.7 Å². The summed E-state index contributed by atoms with van der Waals surface area (Å²) < 4.78 is 1.76. The van der Waals surface area contributed by atoms with E-state index in [0.29, 0.717) is 16.3 Å². The molecule has 5 heteroatoms. The molecule has 2 nitrogen and oxygen atoms in total. The van der Waals surface area contributed by atoms with Crippen LogP contribution in [0.1, 0.15) is 15.9 Å². The van der Waals surface area contributed by atoms with Crippen molar-refractivity contribution in [3.8, 4) is 0 Å². The Labute approximate surface area is 138 Å². The Morgan fingerprint density at radius 3 is 2.74 bits per heavy atom. The Kier molecular flexibility index (Phi) is 4.86. The molecule has 1 N–H and O–H groups in total. The lowest BCUT2D eigenvalue weighted by molar-refractivity contribution is 0.102. The molecule has 0 atom stereocenters. The lowest BCUT2D eigenvalue weighted by Gasteiger charge is -2.09. The molecule has 0 fully saturated rings. The van der Waals surface area contributed by atoms with Crippen molar-refractivity contribution in [1.82, 2.24) is 0 Å². The molecular weight excluding hydrogens is 440 g/mol. The minimum Gasteiger partial charge on any atom is -0.322 e. The SMILES string of the molecule is Cc1cccc(C(=O)Nc2ccc(Br)c(Cl)c2)c1I. The summed E-state index contributed by atoms with van der Waals surface area (Å²) in [6, 6.07) is 11.0. The second-order valence-corrected chi connectivity index (χ2v) is 6.36. The third-order valence-corrected chi connectivity index (χ3v) is 5.28. The fourth-order valence-corrected chi connectivity index (χ4v) is 2.63. The third-order valence-electron chi connectivity index (χ3n) is 2.61. The van der Waals surface area contributed by atoms with Gasteiger partial charge in [0.15, 0.2) is 0 Å². The monoisotopic (exact) mass is 449 g/mol. The highest BCUT2D eigenvalue weighted by atomic mass is 127. The van der Waals surface area contributed by atoms with Gasteiger partial charge in [-0.25, -0.2) is 0 Å². The van der Waals surface area contributed by atoms with Gasteiger partial charge >= 0.3 is 0 Å². The maximum absolute atomic E-state index is 12.2. The number of anilines is 1. The standard InChI is InChI=1S/C14H10BrClINO/c1-8-3-2-4-10(13(8)17)14(19)18-9-5-6-11(15)12(16)7-9/h2-7H,1H3,(H,18,19). The molecule has 0 aliphatic heterocycles. The molecule has 0 aliphatic rings. The summed E-state index contributed by atoms with van der Waals surface area (Å²) >= 11 is 11.5. The zero-order chi connectivity index (χ0) is 14.0. The average molecular weight is 451 g/mol. The summed E-state index contributed by atoms with van der Waals surface area (Å²) in [7, 11) is 0. The summed E-state index contributed by atoms with van der Waals surface area (Å²) in [5, 5.41) is 3.41. The van der Waals surface area contributed by atoms with Gasteiger partial charge in [0.05, 0.1) is 10.6 Å². The van der Waals surface area contributed by atoms with Gasteiger partial charge in [0.25, 0.3) is 5.91 Å². The van der Waals surface area contributed by atoms with Crippen molar-refractivity contribution in [2.75, 3.05) is 5.32 Å². The van der Waals surface area contributed by atoms with Gasteiger partial charge in [0.2, 0.25) is 0 Å². The maximum Gasteiger partial charge on any atom is 0.256 e. The first kappa shape index (κ1) is 14.8. The second-order valence-electron chi connectivity index (χ2n) is 4.02. The molecule has 0 heterocycles. The van der Waals surface area contributed by atoms with Gasteiger partial charge in [-0.2, -0.15) is 0 Å². The fourth-order valence-electron chi connectivity index (χ4n) is 1.60. The Balaban J connectivity index is 2.26. The van der Waals surface area contributed by atoms with E-state index in [1.165, 1.54) is 0 Å². The third kappa shape index (κ3) is 3.49. The number of hydrogen-bond acceptors (Lipinski definition) is 1. The van der Waals surface area contributed by atoms with Crippen LogP contribution in [-0.4, -0.2) is 5.91 Å². The van der Waals surface area contributed by atoms with Crippen molar-refractivity contribution in [1.29, 1.82) is 0 Å². The first-order valence-corrected chi connectivity index (χ1v) is 7.75. The molecule has 98 valence electrons. The molecule has 0 aromatic heterocycles. The average Bonchev–Trinajstić information content (AvgIpc) is 2.37. The molecule has 0 saturated carbocycles. The lowest BCUT2D eigenvalue weighted by Crippen LogP contribution is -2.13. The molecule has 19 heavy (non-hydrogen) atoms. The van der Waals surface area contributed by atoms with E-state index in [9.17, 15) is 4.79 Å². The van der Waals surface area contributed by atoms with Gasteiger partial charge in [-0.15, -0.1) is 0 Å². The van der Waals surface area contributed by atoms with Gasteiger partial charge < -0.3 is 5.32 Å². The molecule has 2 aromatic carbocycles. The zero-order valence-electron chi connectivity index (χ0n) is 10.0. The van der Waals surface area contributed by atoms with Gasteiger partial charge in [0.1, 0.15) is 0 Å². The Bertz CT molecular complexity index is 645. The smallest absolute Gasteiger partial charge is 0.256 e.